The first-order valence-electron chi connectivity index (χ1n) is 11.7. The molecule has 0 atom stereocenters. The molecule has 1 saturated heterocycles. The normalized spacial score (nSPS) is 14.9. The van der Waals surface area contributed by atoms with Crippen LogP contribution in [0.15, 0.2) is 53.7 Å². The zero-order valence-electron chi connectivity index (χ0n) is 19.2. The van der Waals surface area contributed by atoms with E-state index in [0.717, 1.165) is 49.9 Å². The number of carbonyl (C=O) groups excluding carboxylic acids is 1. The Balaban J connectivity index is 1.51. The second-order valence-corrected chi connectivity index (χ2v) is 9.70. The van der Waals surface area contributed by atoms with Gasteiger partial charge in [-0.1, -0.05) is 30.3 Å². The number of carbonyl (C=O) groups is 1. The molecule has 8 heteroatoms. The molecule has 2 aromatic heterocycles. The number of thioether (sulfide) groups is 1. The van der Waals surface area contributed by atoms with Gasteiger partial charge in [0.1, 0.15) is 34.2 Å². The van der Waals surface area contributed by atoms with E-state index in [0.29, 0.717) is 39.0 Å². The summed E-state index contributed by atoms with van der Waals surface area (Å²) in [5.74, 6) is 1.01. The van der Waals surface area contributed by atoms with Gasteiger partial charge in [-0.2, -0.15) is 10.5 Å². The van der Waals surface area contributed by atoms with Gasteiger partial charge in [0, 0.05) is 36.6 Å². The second-order valence-electron chi connectivity index (χ2n) is 8.74. The van der Waals surface area contributed by atoms with Gasteiger partial charge in [-0.25, -0.2) is 4.98 Å². The number of aromatic nitrogens is 2. The fourth-order valence-electron chi connectivity index (χ4n) is 4.24. The van der Waals surface area contributed by atoms with Crippen LogP contribution in [0.2, 0.25) is 0 Å². The van der Waals surface area contributed by atoms with Gasteiger partial charge in [-0.05, 0) is 48.9 Å². The molecule has 1 saturated carbocycles. The molecule has 1 amide bonds. The zero-order valence-corrected chi connectivity index (χ0v) is 20.0. The Hall–Kier alpha value is -3.88. The van der Waals surface area contributed by atoms with Crippen molar-refractivity contribution in [1.29, 1.82) is 10.5 Å². The summed E-state index contributed by atoms with van der Waals surface area (Å²) in [6.07, 6.45) is 5.79. The van der Waals surface area contributed by atoms with Crippen molar-refractivity contribution in [3.63, 3.8) is 0 Å². The van der Waals surface area contributed by atoms with Crippen LogP contribution in [-0.4, -0.2) is 35.0 Å². The van der Waals surface area contributed by atoms with Crippen LogP contribution in [0.3, 0.4) is 0 Å². The minimum atomic E-state index is -0.156. The Kier molecular flexibility index (Phi) is 6.65. The summed E-state index contributed by atoms with van der Waals surface area (Å²) in [5, 5.41) is 23.8. The molecular formula is C27H24N6OS. The van der Waals surface area contributed by atoms with E-state index >= 15 is 0 Å². The van der Waals surface area contributed by atoms with Gasteiger partial charge in [0.25, 0.3) is 5.91 Å². The van der Waals surface area contributed by atoms with E-state index in [4.69, 9.17) is 4.98 Å². The molecule has 7 nitrogen and oxygen atoms in total. The van der Waals surface area contributed by atoms with Crippen molar-refractivity contribution in [2.45, 2.75) is 42.5 Å². The van der Waals surface area contributed by atoms with E-state index in [9.17, 15) is 15.3 Å². The molecule has 5 rings (SSSR count). The number of nitrogens with one attached hydrogen (secondary N) is 1. The maximum Gasteiger partial charge on any atom is 0.270 e. The highest BCUT2D eigenvalue weighted by Gasteiger charge is 2.27. The van der Waals surface area contributed by atoms with Crippen LogP contribution in [0, 0.1) is 22.7 Å². The number of pyridine rings is 2. The zero-order chi connectivity index (χ0) is 24.2. The van der Waals surface area contributed by atoms with E-state index in [2.05, 4.69) is 27.3 Å². The molecule has 174 valence electrons. The molecule has 1 aliphatic carbocycles. The van der Waals surface area contributed by atoms with Crippen LogP contribution in [0.5, 0.6) is 0 Å². The highest BCUT2D eigenvalue weighted by atomic mass is 32.2. The molecule has 3 aromatic rings. The van der Waals surface area contributed by atoms with Crippen LogP contribution < -0.4 is 10.2 Å². The molecule has 35 heavy (non-hydrogen) atoms. The van der Waals surface area contributed by atoms with Crippen molar-refractivity contribution in [1.82, 2.24) is 15.3 Å². The minimum absolute atomic E-state index is 0.156. The number of anilines is 1. The Bertz CT molecular complexity index is 1330. The van der Waals surface area contributed by atoms with Gasteiger partial charge in [0.15, 0.2) is 0 Å². The molecule has 2 aliphatic rings. The van der Waals surface area contributed by atoms with Crippen LogP contribution >= 0.6 is 11.8 Å². The van der Waals surface area contributed by atoms with Crippen molar-refractivity contribution in [2.24, 2.45) is 0 Å². The number of hydrogen-bond acceptors (Lipinski definition) is 7. The summed E-state index contributed by atoms with van der Waals surface area (Å²) in [6, 6.07) is 18.2. The van der Waals surface area contributed by atoms with E-state index in [1.807, 2.05) is 36.4 Å². The fourth-order valence-corrected chi connectivity index (χ4v) is 5.17. The summed E-state index contributed by atoms with van der Waals surface area (Å²) in [5.41, 5.74) is 3.63. The summed E-state index contributed by atoms with van der Waals surface area (Å²) in [7, 11) is 0. The van der Waals surface area contributed by atoms with E-state index in [1.165, 1.54) is 11.8 Å². The molecule has 1 aromatic carbocycles. The van der Waals surface area contributed by atoms with Gasteiger partial charge in [-0.3, -0.25) is 9.78 Å². The molecule has 3 heterocycles. The van der Waals surface area contributed by atoms with Crippen molar-refractivity contribution in [3.8, 4) is 23.3 Å². The lowest BCUT2D eigenvalue weighted by atomic mass is 9.96. The Morgan fingerprint density at radius 3 is 2.51 bits per heavy atom. The lowest BCUT2D eigenvalue weighted by molar-refractivity contribution is 0.0946. The quantitative estimate of drug-likeness (QED) is 0.490. The monoisotopic (exact) mass is 480 g/mol. The van der Waals surface area contributed by atoms with E-state index < -0.39 is 0 Å². The average Bonchev–Trinajstić information content (AvgIpc) is 3.55. The predicted octanol–water partition coefficient (Wildman–Crippen LogP) is 4.67. The van der Waals surface area contributed by atoms with Crippen molar-refractivity contribution >= 4 is 23.5 Å². The molecule has 0 radical (unpaired) electrons. The Labute approximate surface area is 208 Å². The first-order chi connectivity index (χ1) is 17.2. The Morgan fingerprint density at radius 1 is 1.09 bits per heavy atom. The summed E-state index contributed by atoms with van der Waals surface area (Å²) in [4.78, 5) is 23.6. The summed E-state index contributed by atoms with van der Waals surface area (Å²) < 4.78 is 0. The third-order valence-corrected chi connectivity index (χ3v) is 7.23. The lowest BCUT2D eigenvalue weighted by Gasteiger charge is -2.22. The minimum Gasteiger partial charge on any atom is -0.355 e. The third-order valence-electron chi connectivity index (χ3n) is 6.18. The van der Waals surface area contributed by atoms with Gasteiger partial charge in [0.2, 0.25) is 0 Å². The van der Waals surface area contributed by atoms with Crippen molar-refractivity contribution in [3.05, 3.63) is 71.0 Å². The Morgan fingerprint density at radius 2 is 1.83 bits per heavy atom. The molecule has 0 spiro atoms. The number of amides is 1. The maximum absolute atomic E-state index is 12.4. The lowest BCUT2D eigenvalue weighted by Crippen LogP contribution is -2.26. The van der Waals surface area contributed by atoms with Crippen LogP contribution in [0.1, 0.15) is 52.9 Å². The fraction of sp³-hybridized carbons (Fsp3) is 0.296. The van der Waals surface area contributed by atoms with E-state index in [-0.39, 0.29) is 11.9 Å². The largest absolute Gasteiger partial charge is 0.355 e. The van der Waals surface area contributed by atoms with Crippen LogP contribution in [-0.2, 0) is 5.75 Å². The number of rotatable bonds is 7. The average molecular weight is 481 g/mol. The molecule has 0 bridgehead atoms. The molecule has 0 unspecified atom stereocenters. The second kappa shape index (κ2) is 10.2. The SMILES string of the molecule is N#Cc1c(SCc2ccnc(C(=O)NC3CC3)c2)nc(N2CCCC2)c(C#N)c1-c1ccccc1. The molecule has 1 N–H and O–H groups in total. The van der Waals surface area contributed by atoms with Gasteiger partial charge < -0.3 is 10.2 Å². The molecular weight excluding hydrogens is 456 g/mol. The number of nitrogens with zero attached hydrogens (tertiary/aromatic N) is 5. The highest BCUT2D eigenvalue weighted by Crippen LogP contribution is 2.39. The van der Waals surface area contributed by atoms with E-state index in [1.54, 1.807) is 12.3 Å². The maximum atomic E-state index is 12.4. The summed E-state index contributed by atoms with van der Waals surface area (Å²) in [6.45, 7) is 1.69. The number of nitriles is 2. The molecule has 1 aliphatic heterocycles. The summed E-state index contributed by atoms with van der Waals surface area (Å²) >= 11 is 1.44. The number of hydrogen-bond donors (Lipinski definition) is 1. The third kappa shape index (κ3) is 4.99. The first-order valence-corrected chi connectivity index (χ1v) is 12.7. The van der Waals surface area contributed by atoms with Gasteiger partial charge >= 0.3 is 0 Å². The molecule has 2 fully saturated rings. The predicted molar refractivity (Wildman–Crippen MR) is 135 cm³/mol. The van der Waals surface area contributed by atoms with Crippen LogP contribution in [0.25, 0.3) is 11.1 Å². The van der Waals surface area contributed by atoms with Gasteiger partial charge in [0.05, 0.1) is 5.56 Å². The first kappa shape index (κ1) is 22.9. The van der Waals surface area contributed by atoms with Crippen molar-refractivity contribution in [2.75, 3.05) is 18.0 Å². The smallest absolute Gasteiger partial charge is 0.270 e. The standard InChI is InChI=1S/C27H24N6OS/c28-15-21-24(19-6-2-1-3-7-19)22(16-29)27(32-25(21)33-12-4-5-13-33)35-17-18-10-11-30-23(14-18)26(34)31-20-8-9-20/h1-3,6-7,10-11,14,20H,4-5,8-9,12-13,17H2,(H,31,34). The van der Waals surface area contributed by atoms with Gasteiger partial charge in [-0.15, -0.1) is 11.8 Å². The van der Waals surface area contributed by atoms with Crippen LogP contribution in [0.4, 0.5) is 5.82 Å². The number of benzene rings is 1. The van der Waals surface area contributed by atoms with Crippen molar-refractivity contribution < 1.29 is 4.79 Å². The topological polar surface area (TPSA) is 106 Å². The highest BCUT2D eigenvalue weighted by molar-refractivity contribution is 7.98.